The molecule has 0 nitrogen and oxygen atoms in total. The van der Waals surface area contributed by atoms with Crippen molar-refractivity contribution >= 4 is 13.9 Å². The molecule has 0 amide bonds. The monoisotopic (exact) mass is 150 g/mol. The molecule has 1 aromatic rings. The minimum absolute atomic E-state index is 1.08. The molecule has 2 rings (SSSR count). The van der Waals surface area contributed by atoms with E-state index in [4.69, 9.17) is 0 Å². The van der Waals surface area contributed by atoms with E-state index in [0.29, 0.717) is 0 Å². The van der Waals surface area contributed by atoms with Crippen molar-refractivity contribution in [1.82, 2.24) is 0 Å². The van der Waals surface area contributed by atoms with Gasteiger partial charge in [0, 0.05) is 0 Å². The molecule has 1 atom stereocenters. The van der Waals surface area contributed by atoms with Gasteiger partial charge in [-0.15, -0.1) is 0 Å². The van der Waals surface area contributed by atoms with Gasteiger partial charge in [0.1, 0.15) is 0 Å². The molecule has 1 unspecified atom stereocenters. The van der Waals surface area contributed by atoms with Gasteiger partial charge in [-0.2, -0.15) is 0 Å². The molecule has 0 saturated heterocycles. The zero-order chi connectivity index (χ0) is 6.97. The van der Waals surface area contributed by atoms with Crippen molar-refractivity contribution in [3.8, 4) is 0 Å². The van der Waals surface area contributed by atoms with Gasteiger partial charge in [-0.25, -0.2) is 0 Å². The second-order valence-electron chi connectivity index (χ2n) is 2.84. The third-order valence-electron chi connectivity index (χ3n) is 1.97. The largest absolute Gasteiger partial charge is 0.0898 e. The van der Waals surface area contributed by atoms with E-state index in [2.05, 4.69) is 25.1 Å². The maximum absolute atomic E-state index is 2.33. The number of hydrogen-bond acceptors (Lipinski definition) is 0. The maximum atomic E-state index is 2.33. The van der Waals surface area contributed by atoms with Gasteiger partial charge in [-0.3, -0.25) is 0 Å². The topological polar surface area (TPSA) is 0 Å². The summed E-state index contributed by atoms with van der Waals surface area (Å²) in [4.78, 5) is 0. The van der Waals surface area contributed by atoms with Crippen LogP contribution in [0.25, 0.3) is 0 Å². The van der Waals surface area contributed by atoms with Crippen molar-refractivity contribution in [2.24, 2.45) is 0 Å². The summed E-state index contributed by atoms with van der Waals surface area (Å²) in [6.07, 6.45) is 2.70. The SMILES string of the molecule is Cc1ccc2c(c1)CCP2. The molecular formula is C9H11P. The molecule has 0 aliphatic carbocycles. The van der Waals surface area contributed by atoms with Crippen LogP contribution in [0.2, 0.25) is 0 Å². The third kappa shape index (κ3) is 0.973. The maximum Gasteiger partial charge on any atom is -0.0232 e. The molecule has 1 aliphatic rings. The summed E-state index contributed by atoms with van der Waals surface area (Å²) in [5, 5.41) is 1.60. The lowest BCUT2D eigenvalue weighted by Crippen LogP contribution is -1.95. The minimum Gasteiger partial charge on any atom is -0.0898 e. The zero-order valence-corrected chi connectivity index (χ0v) is 7.15. The molecule has 0 bridgehead atoms. The van der Waals surface area contributed by atoms with E-state index in [1.54, 1.807) is 10.9 Å². The molecule has 1 heteroatoms. The first-order valence-electron chi connectivity index (χ1n) is 3.70. The molecule has 0 aromatic heterocycles. The lowest BCUT2D eigenvalue weighted by Gasteiger charge is -1.97. The molecule has 1 heterocycles. The molecule has 0 spiro atoms. The van der Waals surface area contributed by atoms with Crippen molar-refractivity contribution in [1.29, 1.82) is 0 Å². The number of hydrogen-bond donors (Lipinski definition) is 0. The van der Waals surface area contributed by atoms with Crippen LogP contribution in [0, 0.1) is 6.92 Å². The summed E-state index contributed by atoms with van der Waals surface area (Å²) in [6.45, 7) is 2.17. The average molecular weight is 150 g/mol. The lowest BCUT2D eigenvalue weighted by atomic mass is 10.1. The van der Waals surface area contributed by atoms with Crippen LogP contribution in [0.3, 0.4) is 0 Å². The van der Waals surface area contributed by atoms with E-state index in [9.17, 15) is 0 Å². The smallest absolute Gasteiger partial charge is 0.0232 e. The van der Waals surface area contributed by atoms with Gasteiger partial charge in [-0.1, -0.05) is 32.3 Å². The van der Waals surface area contributed by atoms with Crippen molar-refractivity contribution in [2.45, 2.75) is 13.3 Å². The van der Waals surface area contributed by atoms with E-state index in [1.807, 2.05) is 0 Å². The molecule has 0 saturated carbocycles. The van der Waals surface area contributed by atoms with Gasteiger partial charge in [0.2, 0.25) is 0 Å². The Bertz CT molecular complexity index is 253. The van der Waals surface area contributed by atoms with Gasteiger partial charge >= 0.3 is 0 Å². The Balaban J connectivity index is 2.52. The fraction of sp³-hybridized carbons (Fsp3) is 0.333. The normalized spacial score (nSPS) is 17.7. The van der Waals surface area contributed by atoms with Crippen molar-refractivity contribution in [3.05, 3.63) is 29.3 Å². The summed E-state index contributed by atoms with van der Waals surface area (Å²) in [7, 11) is 1.08. The quantitative estimate of drug-likeness (QED) is 0.495. The molecular weight excluding hydrogens is 139 g/mol. The summed E-state index contributed by atoms with van der Waals surface area (Å²) in [5.41, 5.74) is 3.00. The third-order valence-corrected chi connectivity index (χ3v) is 3.34. The first kappa shape index (κ1) is 6.37. The van der Waals surface area contributed by atoms with Crippen LogP contribution in [0.5, 0.6) is 0 Å². The van der Waals surface area contributed by atoms with E-state index >= 15 is 0 Å². The number of rotatable bonds is 0. The second-order valence-corrected chi connectivity index (χ2v) is 4.23. The van der Waals surface area contributed by atoms with Crippen LogP contribution >= 0.6 is 8.58 Å². The van der Waals surface area contributed by atoms with Crippen LogP contribution in [-0.4, -0.2) is 6.16 Å². The highest BCUT2D eigenvalue weighted by Gasteiger charge is 2.08. The van der Waals surface area contributed by atoms with Crippen LogP contribution in [0.15, 0.2) is 18.2 Å². The van der Waals surface area contributed by atoms with Gasteiger partial charge in [0.25, 0.3) is 0 Å². The fourth-order valence-corrected chi connectivity index (χ4v) is 2.72. The number of benzene rings is 1. The van der Waals surface area contributed by atoms with Gasteiger partial charge in [-0.05, 0) is 30.4 Å². The lowest BCUT2D eigenvalue weighted by molar-refractivity contribution is 1.19. The molecule has 0 fully saturated rings. The van der Waals surface area contributed by atoms with Crippen molar-refractivity contribution in [2.75, 3.05) is 6.16 Å². The standard InChI is InChI=1S/C9H11P/c1-7-2-3-9-8(6-7)4-5-10-9/h2-3,6,10H,4-5H2,1H3. The highest BCUT2D eigenvalue weighted by molar-refractivity contribution is 7.47. The Hall–Kier alpha value is -0.350. The summed E-state index contributed by atoms with van der Waals surface area (Å²) in [6, 6.07) is 6.84. The fourth-order valence-electron chi connectivity index (χ4n) is 1.43. The molecule has 0 N–H and O–H groups in total. The van der Waals surface area contributed by atoms with Crippen LogP contribution in [0.4, 0.5) is 0 Å². The van der Waals surface area contributed by atoms with Crippen molar-refractivity contribution in [3.63, 3.8) is 0 Å². The number of fused-ring (bicyclic) bond motifs is 1. The van der Waals surface area contributed by atoms with Crippen LogP contribution in [-0.2, 0) is 6.42 Å². The van der Waals surface area contributed by atoms with Crippen molar-refractivity contribution < 1.29 is 0 Å². The Labute approximate surface area is 63.4 Å². The van der Waals surface area contributed by atoms with E-state index < -0.39 is 0 Å². The Morgan fingerprint density at radius 1 is 1.40 bits per heavy atom. The van der Waals surface area contributed by atoms with Gasteiger partial charge in [0.05, 0.1) is 0 Å². The first-order valence-corrected chi connectivity index (χ1v) is 4.90. The summed E-state index contributed by atoms with van der Waals surface area (Å²) in [5.74, 6) is 0. The Morgan fingerprint density at radius 2 is 2.30 bits per heavy atom. The molecule has 10 heavy (non-hydrogen) atoms. The van der Waals surface area contributed by atoms with E-state index in [1.165, 1.54) is 18.1 Å². The number of aryl methyl sites for hydroxylation is 2. The van der Waals surface area contributed by atoms with Gasteiger partial charge in [0.15, 0.2) is 0 Å². The molecule has 1 aromatic carbocycles. The second kappa shape index (κ2) is 2.36. The van der Waals surface area contributed by atoms with E-state index in [0.717, 1.165) is 8.58 Å². The first-order chi connectivity index (χ1) is 4.86. The molecule has 52 valence electrons. The predicted molar refractivity (Wildman–Crippen MR) is 47.7 cm³/mol. The highest BCUT2D eigenvalue weighted by Crippen LogP contribution is 2.23. The predicted octanol–water partition coefficient (Wildman–Crippen LogP) is 1.85. The Morgan fingerprint density at radius 3 is 3.20 bits per heavy atom. The highest BCUT2D eigenvalue weighted by atomic mass is 31.1. The molecule has 0 radical (unpaired) electrons. The molecule has 1 aliphatic heterocycles. The average Bonchev–Trinajstić information content (AvgIpc) is 2.33. The van der Waals surface area contributed by atoms with Crippen LogP contribution < -0.4 is 5.30 Å². The summed E-state index contributed by atoms with van der Waals surface area (Å²) < 4.78 is 0. The van der Waals surface area contributed by atoms with E-state index in [-0.39, 0.29) is 0 Å². The minimum atomic E-state index is 1.08. The van der Waals surface area contributed by atoms with Crippen LogP contribution in [0.1, 0.15) is 11.1 Å². The van der Waals surface area contributed by atoms with Gasteiger partial charge < -0.3 is 0 Å². The summed E-state index contributed by atoms with van der Waals surface area (Å²) >= 11 is 0. The zero-order valence-electron chi connectivity index (χ0n) is 6.15. The Kier molecular flexibility index (Phi) is 1.50.